The number of nitrogens with one attached hydrogen (secondary N) is 2. The van der Waals surface area contributed by atoms with E-state index in [-0.39, 0.29) is 18.4 Å². The van der Waals surface area contributed by atoms with Gasteiger partial charge in [-0.15, -0.1) is 0 Å². The van der Waals surface area contributed by atoms with E-state index in [0.29, 0.717) is 0 Å². The molecule has 7 nitrogen and oxygen atoms in total. The highest BCUT2D eigenvalue weighted by Crippen LogP contribution is 2.22. The van der Waals surface area contributed by atoms with Crippen molar-refractivity contribution in [3.05, 3.63) is 40.2 Å². The summed E-state index contributed by atoms with van der Waals surface area (Å²) in [4.78, 5) is 26.9. The van der Waals surface area contributed by atoms with Gasteiger partial charge in [-0.1, -0.05) is 17.7 Å². The van der Waals surface area contributed by atoms with Crippen LogP contribution >= 0.6 is 0 Å². The number of carbonyl (C=O) groups excluding carboxylic acids is 2. The molecule has 0 aliphatic rings. The van der Waals surface area contributed by atoms with E-state index in [1.54, 1.807) is 23.6 Å². The van der Waals surface area contributed by atoms with Crippen molar-refractivity contribution >= 4 is 23.2 Å². The molecule has 28 heavy (non-hydrogen) atoms. The van der Waals surface area contributed by atoms with E-state index in [4.69, 9.17) is 0 Å². The molecule has 2 amide bonds. The van der Waals surface area contributed by atoms with Gasteiger partial charge in [-0.3, -0.25) is 19.2 Å². The topological polar surface area (TPSA) is 79.3 Å². The minimum Gasteiger partial charge on any atom is -0.324 e. The molecule has 2 N–H and O–H groups in total. The van der Waals surface area contributed by atoms with Crippen LogP contribution in [0.5, 0.6) is 0 Å². The normalized spacial score (nSPS) is 12.2. The molecule has 1 aromatic carbocycles. The maximum absolute atomic E-state index is 12.6. The summed E-state index contributed by atoms with van der Waals surface area (Å²) in [5.41, 5.74) is 6.45. The lowest BCUT2D eigenvalue weighted by Gasteiger charge is -2.24. The Kier molecular flexibility index (Phi) is 6.61. The fraction of sp³-hybridized carbons (Fsp3) is 0.476. The second-order valence-corrected chi connectivity index (χ2v) is 7.57. The number of aryl methyl sites for hydroxylation is 5. The number of carbonyl (C=O) groups is 2. The van der Waals surface area contributed by atoms with Gasteiger partial charge in [0.25, 0.3) is 0 Å². The molecular weight excluding hydrogens is 354 g/mol. The van der Waals surface area contributed by atoms with Crippen LogP contribution in [0.15, 0.2) is 12.1 Å². The summed E-state index contributed by atoms with van der Waals surface area (Å²) in [5, 5.41) is 10.2. The first-order valence-electron chi connectivity index (χ1n) is 9.40. The Morgan fingerprint density at radius 2 is 1.64 bits per heavy atom. The van der Waals surface area contributed by atoms with E-state index in [1.165, 1.54) is 0 Å². The average molecular weight is 386 g/mol. The molecule has 0 saturated heterocycles. The SMILES string of the molecule is Cc1cc(C)c(NC(=O)CN(C)[C@H](C)C(=O)Nc2c(C)nn(C)c2C)c(C)c1. The number of likely N-dealkylation sites (N-methyl/N-ethyl adjacent to an activating group) is 1. The molecule has 152 valence electrons. The lowest BCUT2D eigenvalue weighted by Crippen LogP contribution is -2.43. The molecular formula is C21H31N5O2. The van der Waals surface area contributed by atoms with Gasteiger partial charge in [0, 0.05) is 12.7 Å². The van der Waals surface area contributed by atoms with Crippen molar-refractivity contribution in [2.45, 2.75) is 47.6 Å². The third-order valence-electron chi connectivity index (χ3n) is 5.13. The van der Waals surface area contributed by atoms with Gasteiger partial charge < -0.3 is 10.6 Å². The average Bonchev–Trinajstić information content (AvgIpc) is 2.83. The first kappa shape index (κ1) is 21.6. The number of amides is 2. The smallest absolute Gasteiger partial charge is 0.241 e. The van der Waals surface area contributed by atoms with E-state index in [2.05, 4.69) is 15.7 Å². The molecule has 1 heterocycles. The molecule has 0 bridgehead atoms. The fourth-order valence-corrected chi connectivity index (χ4v) is 3.30. The van der Waals surface area contributed by atoms with Crippen molar-refractivity contribution in [1.29, 1.82) is 0 Å². The van der Waals surface area contributed by atoms with Crippen LogP contribution in [0.2, 0.25) is 0 Å². The fourth-order valence-electron chi connectivity index (χ4n) is 3.30. The van der Waals surface area contributed by atoms with E-state index in [0.717, 1.165) is 39.5 Å². The molecule has 0 unspecified atom stereocenters. The van der Waals surface area contributed by atoms with Gasteiger partial charge in [-0.05, 0) is 59.7 Å². The van der Waals surface area contributed by atoms with E-state index < -0.39 is 6.04 Å². The van der Waals surface area contributed by atoms with E-state index in [9.17, 15) is 9.59 Å². The third kappa shape index (κ3) is 4.78. The van der Waals surface area contributed by atoms with Gasteiger partial charge in [0.2, 0.25) is 11.8 Å². The second-order valence-electron chi connectivity index (χ2n) is 7.57. The van der Waals surface area contributed by atoms with Gasteiger partial charge in [0.15, 0.2) is 0 Å². The Bertz CT molecular complexity index is 877. The number of hydrogen-bond acceptors (Lipinski definition) is 4. The molecule has 0 aliphatic carbocycles. The van der Waals surface area contributed by atoms with Crippen LogP contribution in [-0.4, -0.2) is 46.1 Å². The second kappa shape index (κ2) is 8.56. The van der Waals surface area contributed by atoms with Crippen molar-refractivity contribution in [3.63, 3.8) is 0 Å². The molecule has 1 atom stereocenters. The first-order chi connectivity index (χ1) is 13.0. The van der Waals surface area contributed by atoms with Crippen molar-refractivity contribution in [3.8, 4) is 0 Å². The third-order valence-corrected chi connectivity index (χ3v) is 5.13. The van der Waals surface area contributed by atoms with E-state index in [1.807, 2.05) is 53.8 Å². The summed E-state index contributed by atoms with van der Waals surface area (Å²) in [5.74, 6) is -0.317. The van der Waals surface area contributed by atoms with Crippen LogP contribution in [0.1, 0.15) is 35.0 Å². The largest absolute Gasteiger partial charge is 0.324 e. The Morgan fingerprint density at radius 3 is 2.14 bits per heavy atom. The molecule has 0 fully saturated rings. The highest BCUT2D eigenvalue weighted by atomic mass is 16.2. The van der Waals surface area contributed by atoms with Crippen LogP contribution in [0.25, 0.3) is 0 Å². The first-order valence-corrected chi connectivity index (χ1v) is 9.40. The Hall–Kier alpha value is -2.67. The van der Waals surface area contributed by atoms with Gasteiger partial charge in [-0.2, -0.15) is 5.10 Å². The minimum atomic E-state index is -0.468. The number of rotatable bonds is 6. The predicted octanol–water partition coefficient (Wildman–Crippen LogP) is 2.86. The number of aromatic nitrogens is 2. The Labute approximate surface area is 167 Å². The minimum absolute atomic E-state index is 0.117. The summed E-state index contributed by atoms with van der Waals surface area (Å²) in [6, 6.07) is 3.62. The molecule has 2 rings (SSSR count). The number of nitrogens with zero attached hydrogens (tertiary/aromatic N) is 3. The van der Waals surface area contributed by atoms with Crippen molar-refractivity contribution in [2.24, 2.45) is 7.05 Å². The molecule has 0 saturated carbocycles. The highest BCUT2D eigenvalue weighted by molar-refractivity contribution is 5.97. The predicted molar refractivity (Wildman–Crippen MR) is 113 cm³/mol. The molecule has 0 radical (unpaired) electrons. The van der Waals surface area contributed by atoms with Crippen molar-refractivity contribution < 1.29 is 9.59 Å². The Balaban J connectivity index is 2.00. The van der Waals surface area contributed by atoms with Gasteiger partial charge in [-0.25, -0.2) is 0 Å². The summed E-state index contributed by atoms with van der Waals surface area (Å²) in [6.07, 6.45) is 0. The van der Waals surface area contributed by atoms with Crippen molar-refractivity contribution in [2.75, 3.05) is 24.2 Å². The summed E-state index contributed by atoms with van der Waals surface area (Å²) >= 11 is 0. The quantitative estimate of drug-likeness (QED) is 0.801. The molecule has 0 aliphatic heterocycles. The zero-order valence-electron chi connectivity index (χ0n) is 18.1. The van der Waals surface area contributed by atoms with Gasteiger partial charge in [0.05, 0.1) is 29.7 Å². The van der Waals surface area contributed by atoms with Gasteiger partial charge >= 0.3 is 0 Å². The molecule has 0 spiro atoms. The van der Waals surface area contributed by atoms with E-state index >= 15 is 0 Å². The standard InChI is InChI=1S/C21H31N5O2/c1-12-9-13(2)19(14(3)10-12)22-18(27)11-25(7)17(6)21(28)23-20-15(4)24-26(8)16(20)5/h9-10,17H,11H2,1-8H3,(H,22,27)(H,23,28)/t17-/m1/s1. The lowest BCUT2D eigenvalue weighted by molar-refractivity contribution is -0.122. The molecule has 1 aromatic heterocycles. The highest BCUT2D eigenvalue weighted by Gasteiger charge is 2.22. The lowest BCUT2D eigenvalue weighted by atomic mass is 10.1. The summed E-state index contributed by atoms with van der Waals surface area (Å²) in [7, 11) is 3.61. The van der Waals surface area contributed by atoms with Crippen LogP contribution in [-0.2, 0) is 16.6 Å². The Morgan fingerprint density at radius 1 is 1.07 bits per heavy atom. The van der Waals surface area contributed by atoms with Crippen LogP contribution in [0.3, 0.4) is 0 Å². The van der Waals surface area contributed by atoms with Crippen molar-refractivity contribution in [1.82, 2.24) is 14.7 Å². The molecule has 7 heteroatoms. The zero-order valence-corrected chi connectivity index (χ0v) is 18.1. The molecule has 2 aromatic rings. The maximum atomic E-state index is 12.6. The number of anilines is 2. The van der Waals surface area contributed by atoms with Crippen LogP contribution < -0.4 is 10.6 Å². The zero-order chi connectivity index (χ0) is 21.2. The summed E-state index contributed by atoms with van der Waals surface area (Å²) in [6.45, 7) is 11.7. The number of benzene rings is 1. The number of hydrogen-bond donors (Lipinski definition) is 2. The summed E-state index contributed by atoms with van der Waals surface area (Å²) < 4.78 is 1.74. The maximum Gasteiger partial charge on any atom is 0.241 e. The van der Waals surface area contributed by atoms with Crippen LogP contribution in [0, 0.1) is 34.6 Å². The van der Waals surface area contributed by atoms with Crippen LogP contribution in [0.4, 0.5) is 11.4 Å². The monoisotopic (exact) mass is 385 g/mol. The van der Waals surface area contributed by atoms with Gasteiger partial charge in [0.1, 0.15) is 0 Å².